The van der Waals surface area contributed by atoms with Gasteiger partial charge in [0.2, 0.25) is 0 Å². The molecular formula is C19H18N2O3. The molecule has 2 aromatic carbocycles. The Balaban J connectivity index is 1.95. The molecule has 5 nitrogen and oxygen atoms in total. The Morgan fingerprint density at radius 2 is 1.75 bits per heavy atom. The maximum absolute atomic E-state index is 12.2. The van der Waals surface area contributed by atoms with E-state index in [1.54, 1.807) is 54.0 Å². The first-order valence-corrected chi connectivity index (χ1v) is 7.56. The van der Waals surface area contributed by atoms with Crippen LogP contribution in [-0.4, -0.2) is 16.9 Å². The maximum atomic E-state index is 12.2. The number of carbonyl (C=O) groups is 2. The summed E-state index contributed by atoms with van der Waals surface area (Å²) in [6.07, 6.45) is 0.740. The van der Waals surface area contributed by atoms with Gasteiger partial charge in [-0.2, -0.15) is 0 Å². The zero-order valence-electron chi connectivity index (χ0n) is 13.3. The first kappa shape index (κ1) is 17.4. The van der Waals surface area contributed by atoms with Gasteiger partial charge in [-0.3, -0.25) is 14.8 Å². The number of rotatable bonds is 6. The lowest BCUT2D eigenvalue weighted by Gasteiger charge is -2.12. The minimum atomic E-state index is -0.562. The van der Waals surface area contributed by atoms with Crippen molar-refractivity contribution in [1.29, 1.82) is 0 Å². The van der Waals surface area contributed by atoms with E-state index in [1.807, 2.05) is 6.92 Å². The predicted octanol–water partition coefficient (Wildman–Crippen LogP) is 3.66. The summed E-state index contributed by atoms with van der Waals surface area (Å²) in [6, 6.07) is 13.8. The number of Topliss-reactive ketones (excluding diaryl/α,β-unsaturated/α-hetero) is 1. The summed E-state index contributed by atoms with van der Waals surface area (Å²) in [5, 5.41) is 8.60. The summed E-state index contributed by atoms with van der Waals surface area (Å²) in [7, 11) is 0. The summed E-state index contributed by atoms with van der Waals surface area (Å²) in [5.74, 6) is -0.408. The molecule has 1 atom stereocenters. The van der Waals surface area contributed by atoms with Crippen LogP contribution in [0.3, 0.4) is 0 Å². The van der Waals surface area contributed by atoms with E-state index < -0.39 is 5.91 Å². The van der Waals surface area contributed by atoms with E-state index in [0.29, 0.717) is 24.1 Å². The van der Waals surface area contributed by atoms with Crippen LogP contribution in [0.2, 0.25) is 0 Å². The molecule has 0 aliphatic rings. The van der Waals surface area contributed by atoms with Gasteiger partial charge in [-0.1, -0.05) is 43.3 Å². The molecule has 0 saturated heterocycles. The second-order valence-corrected chi connectivity index (χ2v) is 5.66. The van der Waals surface area contributed by atoms with Gasteiger partial charge in [0.15, 0.2) is 5.69 Å². The first-order valence-electron chi connectivity index (χ1n) is 7.56. The van der Waals surface area contributed by atoms with Crippen LogP contribution in [0.5, 0.6) is 0 Å². The van der Waals surface area contributed by atoms with Gasteiger partial charge in [-0.15, -0.1) is 0 Å². The van der Waals surface area contributed by atoms with Crippen LogP contribution >= 0.6 is 0 Å². The molecule has 2 N–H and O–H groups in total. The molecular weight excluding hydrogens is 304 g/mol. The van der Waals surface area contributed by atoms with Crippen molar-refractivity contribution in [2.24, 2.45) is 0 Å². The summed E-state index contributed by atoms with van der Waals surface area (Å²) in [4.78, 5) is 26.8. The Hall–Kier alpha value is -2.97. The van der Waals surface area contributed by atoms with E-state index in [1.165, 1.54) is 0 Å². The molecule has 2 aromatic rings. The normalized spacial score (nSPS) is 11.4. The van der Waals surface area contributed by atoms with E-state index in [4.69, 9.17) is 11.8 Å². The maximum Gasteiger partial charge on any atom is 0.274 e. The van der Waals surface area contributed by atoms with Crippen LogP contribution < -0.4 is 5.48 Å². The predicted molar refractivity (Wildman–Crippen MR) is 90.1 cm³/mol. The Labute approximate surface area is 140 Å². The van der Waals surface area contributed by atoms with E-state index in [2.05, 4.69) is 4.85 Å². The van der Waals surface area contributed by atoms with E-state index in [-0.39, 0.29) is 11.7 Å². The third-order valence-electron chi connectivity index (χ3n) is 3.84. The quantitative estimate of drug-likeness (QED) is 0.484. The van der Waals surface area contributed by atoms with Gasteiger partial charge in [0, 0.05) is 18.4 Å². The zero-order chi connectivity index (χ0) is 17.5. The lowest BCUT2D eigenvalue weighted by atomic mass is 9.93. The van der Waals surface area contributed by atoms with Gasteiger partial charge in [0.1, 0.15) is 5.78 Å². The molecule has 0 bridgehead atoms. The number of benzene rings is 2. The number of hydroxylamine groups is 1. The van der Waals surface area contributed by atoms with Crippen LogP contribution in [0, 0.1) is 6.57 Å². The minimum absolute atomic E-state index is 0.0336. The molecule has 0 heterocycles. The Morgan fingerprint density at radius 1 is 1.12 bits per heavy atom. The second-order valence-electron chi connectivity index (χ2n) is 5.66. The molecule has 5 heteroatoms. The highest BCUT2D eigenvalue weighted by Gasteiger charge is 2.13. The Bertz CT molecular complexity index is 759. The van der Waals surface area contributed by atoms with Crippen LogP contribution in [0.25, 0.3) is 4.85 Å². The molecule has 1 amide bonds. The summed E-state index contributed by atoms with van der Waals surface area (Å²) < 4.78 is 0. The average molecular weight is 322 g/mol. The van der Waals surface area contributed by atoms with Gasteiger partial charge in [0.25, 0.3) is 5.91 Å². The zero-order valence-corrected chi connectivity index (χ0v) is 13.3. The molecule has 0 aliphatic heterocycles. The SMILES string of the molecule is [C-]#[N+]c1ccc(CC(=O)CC(C)c2ccc(C(=O)NO)cc2)cc1. The van der Waals surface area contributed by atoms with E-state index >= 15 is 0 Å². The van der Waals surface area contributed by atoms with E-state index in [0.717, 1.165) is 11.1 Å². The summed E-state index contributed by atoms with van der Waals surface area (Å²) >= 11 is 0. The topological polar surface area (TPSA) is 70.8 Å². The van der Waals surface area contributed by atoms with Gasteiger partial charge in [0.05, 0.1) is 6.57 Å². The Morgan fingerprint density at radius 3 is 2.29 bits per heavy atom. The minimum Gasteiger partial charge on any atom is -0.299 e. The largest absolute Gasteiger partial charge is 0.299 e. The molecule has 0 fully saturated rings. The monoisotopic (exact) mass is 322 g/mol. The third-order valence-corrected chi connectivity index (χ3v) is 3.84. The van der Waals surface area contributed by atoms with Gasteiger partial charge in [-0.25, -0.2) is 10.3 Å². The first-order chi connectivity index (χ1) is 11.5. The van der Waals surface area contributed by atoms with Crippen molar-refractivity contribution in [1.82, 2.24) is 5.48 Å². The average Bonchev–Trinajstić information content (AvgIpc) is 2.61. The lowest BCUT2D eigenvalue weighted by molar-refractivity contribution is -0.118. The number of hydrogen-bond acceptors (Lipinski definition) is 3. The molecule has 0 aromatic heterocycles. The molecule has 0 aliphatic carbocycles. The fourth-order valence-corrected chi connectivity index (χ4v) is 2.48. The molecule has 24 heavy (non-hydrogen) atoms. The molecule has 0 radical (unpaired) electrons. The van der Waals surface area contributed by atoms with Gasteiger partial charge in [-0.05, 0) is 29.2 Å². The number of nitrogens with zero attached hydrogens (tertiary/aromatic N) is 1. The van der Waals surface area contributed by atoms with Crippen molar-refractivity contribution in [3.8, 4) is 0 Å². The standard InChI is InChI=1S/C19H18N2O3/c1-13(15-5-7-16(8-6-15)19(23)21-24)11-18(22)12-14-3-9-17(20-2)10-4-14/h3-10,13,24H,11-12H2,1H3,(H,21,23). The molecule has 2 rings (SSSR count). The summed E-state index contributed by atoms with van der Waals surface area (Å²) in [5.41, 5.74) is 4.37. The van der Waals surface area contributed by atoms with Crippen molar-refractivity contribution in [3.63, 3.8) is 0 Å². The number of ketones is 1. The van der Waals surface area contributed by atoms with Crippen LogP contribution in [0.15, 0.2) is 48.5 Å². The smallest absolute Gasteiger partial charge is 0.274 e. The van der Waals surface area contributed by atoms with Crippen molar-refractivity contribution < 1.29 is 14.8 Å². The highest BCUT2D eigenvalue weighted by molar-refractivity contribution is 5.93. The number of hydrogen-bond donors (Lipinski definition) is 2. The van der Waals surface area contributed by atoms with Gasteiger partial charge >= 0.3 is 0 Å². The van der Waals surface area contributed by atoms with E-state index in [9.17, 15) is 9.59 Å². The van der Waals surface area contributed by atoms with Gasteiger partial charge < -0.3 is 0 Å². The van der Waals surface area contributed by atoms with Crippen LogP contribution in [-0.2, 0) is 11.2 Å². The van der Waals surface area contributed by atoms with Crippen molar-refractivity contribution in [2.45, 2.75) is 25.7 Å². The molecule has 1 unspecified atom stereocenters. The molecule has 122 valence electrons. The van der Waals surface area contributed by atoms with Crippen molar-refractivity contribution in [2.75, 3.05) is 0 Å². The highest BCUT2D eigenvalue weighted by atomic mass is 16.5. The number of carbonyl (C=O) groups excluding carboxylic acids is 2. The van der Waals surface area contributed by atoms with Crippen LogP contribution in [0.4, 0.5) is 5.69 Å². The fourth-order valence-electron chi connectivity index (χ4n) is 2.48. The van der Waals surface area contributed by atoms with Crippen molar-refractivity contribution >= 4 is 17.4 Å². The second kappa shape index (κ2) is 8.04. The summed E-state index contributed by atoms with van der Waals surface area (Å²) in [6.45, 7) is 8.88. The lowest BCUT2D eigenvalue weighted by Crippen LogP contribution is -2.18. The number of amides is 1. The number of nitrogens with one attached hydrogen (secondary N) is 1. The Kier molecular flexibility index (Phi) is 5.83. The highest BCUT2D eigenvalue weighted by Crippen LogP contribution is 2.21. The van der Waals surface area contributed by atoms with Crippen LogP contribution in [0.1, 0.15) is 40.7 Å². The third kappa shape index (κ3) is 4.51. The molecule has 0 spiro atoms. The fraction of sp³-hybridized carbons (Fsp3) is 0.211. The van der Waals surface area contributed by atoms with Crippen molar-refractivity contribution in [3.05, 3.63) is 76.6 Å². The molecule has 0 saturated carbocycles.